The normalized spacial score (nSPS) is 16.0. The van der Waals surface area contributed by atoms with E-state index in [-0.39, 0.29) is 5.91 Å². The van der Waals surface area contributed by atoms with Crippen molar-refractivity contribution in [1.29, 1.82) is 0 Å². The van der Waals surface area contributed by atoms with Crippen molar-refractivity contribution in [2.24, 2.45) is 5.10 Å². The molecule has 0 aliphatic carbocycles. The summed E-state index contributed by atoms with van der Waals surface area (Å²) in [6.07, 6.45) is 5.70. The number of carbonyl (C=O) groups excluding carboxylic acids is 1. The van der Waals surface area contributed by atoms with E-state index in [1.165, 1.54) is 5.01 Å². The van der Waals surface area contributed by atoms with Crippen LogP contribution in [0.3, 0.4) is 0 Å². The molecule has 0 N–H and O–H groups in total. The molecule has 0 unspecified atom stereocenters. The summed E-state index contributed by atoms with van der Waals surface area (Å²) < 4.78 is 0. The SMILES string of the molecule is CC1=NN(c2ccccc2)C(=O)/C1=C/C=C/c1ccc(N(C)C)cc1. The van der Waals surface area contributed by atoms with E-state index in [9.17, 15) is 4.79 Å². The molecule has 2 aromatic rings. The average Bonchev–Trinajstić information content (AvgIpc) is 2.91. The first kappa shape index (κ1) is 16.7. The van der Waals surface area contributed by atoms with Gasteiger partial charge in [0.05, 0.1) is 17.0 Å². The summed E-state index contributed by atoms with van der Waals surface area (Å²) in [5.41, 5.74) is 4.36. The van der Waals surface area contributed by atoms with E-state index in [0.717, 1.165) is 22.6 Å². The Balaban J connectivity index is 1.75. The summed E-state index contributed by atoms with van der Waals surface area (Å²) in [4.78, 5) is 14.6. The fourth-order valence-electron chi connectivity index (χ4n) is 2.59. The average molecular weight is 331 g/mol. The molecule has 0 saturated carbocycles. The number of carbonyl (C=O) groups is 1. The van der Waals surface area contributed by atoms with Gasteiger partial charge in [0.2, 0.25) is 0 Å². The first-order chi connectivity index (χ1) is 12.1. The molecule has 0 atom stereocenters. The van der Waals surface area contributed by atoms with Crippen LogP contribution >= 0.6 is 0 Å². The predicted octanol–water partition coefficient (Wildman–Crippen LogP) is 4.11. The Hall–Kier alpha value is -3.14. The summed E-state index contributed by atoms with van der Waals surface area (Å²) in [5, 5.41) is 5.82. The highest BCUT2D eigenvalue weighted by molar-refractivity contribution is 6.29. The molecular formula is C21H21N3O. The van der Waals surface area contributed by atoms with Crippen molar-refractivity contribution in [3.05, 3.63) is 77.9 Å². The molecule has 0 spiro atoms. The lowest BCUT2D eigenvalue weighted by Gasteiger charge is -2.11. The number of amides is 1. The maximum atomic E-state index is 12.6. The van der Waals surface area contributed by atoms with Gasteiger partial charge in [0, 0.05) is 19.8 Å². The third-order valence-corrected chi connectivity index (χ3v) is 4.02. The minimum atomic E-state index is -0.101. The van der Waals surface area contributed by atoms with Gasteiger partial charge in [-0.1, -0.05) is 42.5 Å². The van der Waals surface area contributed by atoms with E-state index in [2.05, 4.69) is 34.3 Å². The van der Waals surface area contributed by atoms with E-state index in [0.29, 0.717) is 5.57 Å². The fraction of sp³-hybridized carbons (Fsp3) is 0.143. The Bertz CT molecular complexity index is 846. The fourth-order valence-corrected chi connectivity index (χ4v) is 2.59. The maximum Gasteiger partial charge on any atom is 0.280 e. The molecule has 3 rings (SSSR count). The lowest BCUT2D eigenvalue weighted by Crippen LogP contribution is -2.21. The highest BCUT2D eigenvalue weighted by Gasteiger charge is 2.27. The van der Waals surface area contributed by atoms with Crippen molar-refractivity contribution in [3.8, 4) is 0 Å². The number of hydrogen-bond acceptors (Lipinski definition) is 3. The van der Waals surface area contributed by atoms with Gasteiger partial charge in [0.25, 0.3) is 5.91 Å². The minimum Gasteiger partial charge on any atom is -0.378 e. The minimum absolute atomic E-state index is 0.101. The summed E-state index contributed by atoms with van der Waals surface area (Å²) in [5.74, 6) is -0.101. The van der Waals surface area contributed by atoms with Crippen molar-refractivity contribution < 1.29 is 4.79 Å². The van der Waals surface area contributed by atoms with Gasteiger partial charge in [-0.25, -0.2) is 0 Å². The Labute approximate surface area is 148 Å². The van der Waals surface area contributed by atoms with E-state index < -0.39 is 0 Å². The summed E-state index contributed by atoms with van der Waals surface area (Å²) in [6, 6.07) is 17.7. The number of rotatable bonds is 4. The number of nitrogens with zero attached hydrogens (tertiary/aromatic N) is 3. The molecule has 0 aromatic heterocycles. The molecule has 1 aliphatic rings. The molecule has 126 valence electrons. The number of benzene rings is 2. The highest BCUT2D eigenvalue weighted by Crippen LogP contribution is 2.23. The Morgan fingerprint density at radius 1 is 1.00 bits per heavy atom. The third-order valence-electron chi connectivity index (χ3n) is 4.02. The summed E-state index contributed by atoms with van der Waals surface area (Å²) in [7, 11) is 4.03. The smallest absolute Gasteiger partial charge is 0.280 e. The third kappa shape index (κ3) is 3.69. The quantitative estimate of drug-likeness (QED) is 0.790. The first-order valence-electron chi connectivity index (χ1n) is 8.17. The van der Waals surface area contributed by atoms with E-state index in [1.807, 2.05) is 69.6 Å². The largest absolute Gasteiger partial charge is 0.378 e. The van der Waals surface area contributed by atoms with Crippen LogP contribution in [0.2, 0.25) is 0 Å². The van der Waals surface area contributed by atoms with Gasteiger partial charge >= 0.3 is 0 Å². The number of anilines is 2. The van der Waals surface area contributed by atoms with Crippen molar-refractivity contribution in [2.75, 3.05) is 24.0 Å². The molecule has 1 aliphatic heterocycles. The van der Waals surface area contributed by atoms with Gasteiger partial charge in [0.15, 0.2) is 0 Å². The Morgan fingerprint density at radius 3 is 2.32 bits per heavy atom. The second-order valence-corrected chi connectivity index (χ2v) is 6.06. The van der Waals surface area contributed by atoms with Crippen LogP contribution in [0.25, 0.3) is 6.08 Å². The summed E-state index contributed by atoms with van der Waals surface area (Å²) in [6.45, 7) is 1.85. The number of hydrogen-bond donors (Lipinski definition) is 0. The van der Waals surface area contributed by atoms with Crippen LogP contribution in [0.1, 0.15) is 12.5 Å². The second-order valence-electron chi connectivity index (χ2n) is 6.06. The zero-order valence-corrected chi connectivity index (χ0v) is 14.7. The van der Waals surface area contributed by atoms with Crippen LogP contribution in [0.4, 0.5) is 11.4 Å². The van der Waals surface area contributed by atoms with Crippen LogP contribution in [-0.2, 0) is 4.79 Å². The lowest BCUT2D eigenvalue weighted by molar-refractivity contribution is -0.114. The zero-order valence-electron chi connectivity index (χ0n) is 14.7. The number of para-hydroxylation sites is 1. The van der Waals surface area contributed by atoms with Gasteiger partial charge in [-0.3, -0.25) is 4.79 Å². The van der Waals surface area contributed by atoms with E-state index in [4.69, 9.17) is 0 Å². The number of hydrazone groups is 1. The zero-order chi connectivity index (χ0) is 17.8. The van der Waals surface area contributed by atoms with E-state index >= 15 is 0 Å². The van der Waals surface area contributed by atoms with Crippen LogP contribution in [0, 0.1) is 0 Å². The van der Waals surface area contributed by atoms with Gasteiger partial charge in [-0.2, -0.15) is 10.1 Å². The molecule has 0 radical (unpaired) electrons. The standard InChI is InChI=1S/C21H21N3O/c1-16-20(21(25)24(22-16)19-9-5-4-6-10-19)11-7-8-17-12-14-18(15-13-17)23(2)3/h4-15H,1-3H3/b8-7+,20-11+. The van der Waals surface area contributed by atoms with Crippen LogP contribution < -0.4 is 9.91 Å². The molecule has 1 heterocycles. The highest BCUT2D eigenvalue weighted by atomic mass is 16.2. The Kier molecular flexibility index (Phi) is 4.80. The van der Waals surface area contributed by atoms with Crippen molar-refractivity contribution in [3.63, 3.8) is 0 Å². The molecule has 2 aromatic carbocycles. The second kappa shape index (κ2) is 7.18. The van der Waals surface area contributed by atoms with E-state index in [1.54, 1.807) is 0 Å². The Morgan fingerprint density at radius 2 is 1.68 bits per heavy atom. The van der Waals surface area contributed by atoms with Crippen LogP contribution in [0.5, 0.6) is 0 Å². The molecule has 4 heteroatoms. The van der Waals surface area contributed by atoms with Crippen molar-refractivity contribution >= 4 is 29.1 Å². The molecular weight excluding hydrogens is 310 g/mol. The van der Waals surface area contributed by atoms with Crippen molar-refractivity contribution in [2.45, 2.75) is 6.92 Å². The molecule has 0 fully saturated rings. The molecule has 0 bridgehead atoms. The lowest BCUT2D eigenvalue weighted by atomic mass is 10.1. The maximum absolute atomic E-state index is 12.6. The van der Waals surface area contributed by atoms with Crippen molar-refractivity contribution in [1.82, 2.24) is 0 Å². The van der Waals surface area contributed by atoms with Gasteiger partial charge in [0.1, 0.15) is 0 Å². The first-order valence-corrected chi connectivity index (χ1v) is 8.17. The van der Waals surface area contributed by atoms with Gasteiger partial charge in [-0.05, 0) is 42.8 Å². The van der Waals surface area contributed by atoms with Gasteiger partial charge in [-0.15, -0.1) is 0 Å². The van der Waals surface area contributed by atoms with Gasteiger partial charge < -0.3 is 4.90 Å². The van der Waals surface area contributed by atoms with Crippen LogP contribution in [-0.4, -0.2) is 25.7 Å². The molecule has 4 nitrogen and oxygen atoms in total. The topological polar surface area (TPSA) is 35.9 Å². The van der Waals surface area contributed by atoms with Crippen LogP contribution in [0.15, 0.2) is 77.4 Å². The predicted molar refractivity (Wildman–Crippen MR) is 105 cm³/mol. The monoisotopic (exact) mass is 331 g/mol. The molecule has 1 amide bonds. The molecule has 25 heavy (non-hydrogen) atoms. The number of allylic oxidation sites excluding steroid dienone is 2. The molecule has 0 saturated heterocycles. The summed E-state index contributed by atoms with van der Waals surface area (Å²) >= 11 is 0.